The van der Waals surface area contributed by atoms with Crippen LogP contribution in [0, 0.1) is 20.8 Å². The number of aromatic nitrogens is 6. The molecule has 0 saturated carbocycles. The first kappa shape index (κ1) is 22.2. The Kier molecular flexibility index (Phi) is 5.22. The minimum Gasteiger partial charge on any atom is -0.269 e. The van der Waals surface area contributed by atoms with Crippen molar-refractivity contribution in [2.24, 2.45) is 0 Å². The quantitative estimate of drug-likeness (QED) is 0.341. The fraction of sp³-hybridized carbons (Fsp3) is 0.148. The van der Waals surface area contributed by atoms with Crippen LogP contribution in [0.3, 0.4) is 0 Å². The lowest BCUT2D eigenvalue weighted by atomic mass is 10.1. The van der Waals surface area contributed by atoms with Crippen LogP contribution in [-0.2, 0) is 5.75 Å². The number of hydrogen-bond donors (Lipinski definition) is 0. The molecule has 0 atom stereocenters. The summed E-state index contributed by atoms with van der Waals surface area (Å²) >= 11 is 1.43. The van der Waals surface area contributed by atoms with Gasteiger partial charge in [0.1, 0.15) is 5.65 Å². The number of pyridine rings is 1. The summed E-state index contributed by atoms with van der Waals surface area (Å²) in [7, 11) is 0. The number of benzene rings is 2. The van der Waals surface area contributed by atoms with Gasteiger partial charge in [-0.15, -0.1) is 10.2 Å². The topological polar surface area (TPSA) is 86.6 Å². The van der Waals surface area contributed by atoms with Crippen LogP contribution in [0.5, 0.6) is 0 Å². The molecular weight excluding hydrogens is 472 g/mol. The smallest absolute Gasteiger partial charge is 0.267 e. The zero-order valence-electron chi connectivity index (χ0n) is 20.0. The molecule has 178 valence electrons. The zero-order chi connectivity index (χ0) is 25.0. The van der Waals surface area contributed by atoms with Crippen LogP contribution < -0.4 is 11.1 Å². The number of thioether (sulfide) groups is 1. The highest BCUT2D eigenvalue weighted by molar-refractivity contribution is 7.98. The van der Waals surface area contributed by atoms with E-state index in [2.05, 4.69) is 15.2 Å². The molecule has 0 fully saturated rings. The highest BCUT2D eigenvalue weighted by Gasteiger charge is 2.20. The van der Waals surface area contributed by atoms with Gasteiger partial charge in [0.05, 0.1) is 22.3 Å². The van der Waals surface area contributed by atoms with E-state index in [9.17, 15) is 9.59 Å². The molecular formula is C27H22N6O2S. The molecule has 0 radical (unpaired) electrons. The molecule has 0 N–H and O–H groups in total. The Morgan fingerprint density at radius 1 is 0.889 bits per heavy atom. The second kappa shape index (κ2) is 8.46. The van der Waals surface area contributed by atoms with Crippen LogP contribution in [0.2, 0.25) is 0 Å². The first-order valence-corrected chi connectivity index (χ1v) is 12.5. The van der Waals surface area contributed by atoms with Crippen molar-refractivity contribution in [2.45, 2.75) is 31.7 Å². The zero-order valence-corrected chi connectivity index (χ0v) is 20.8. The van der Waals surface area contributed by atoms with Gasteiger partial charge < -0.3 is 0 Å². The second-order valence-corrected chi connectivity index (χ2v) is 9.77. The summed E-state index contributed by atoms with van der Waals surface area (Å²) in [6, 6.07) is 18.7. The van der Waals surface area contributed by atoms with E-state index in [-0.39, 0.29) is 11.1 Å². The van der Waals surface area contributed by atoms with Gasteiger partial charge >= 0.3 is 0 Å². The van der Waals surface area contributed by atoms with Crippen LogP contribution in [0.4, 0.5) is 0 Å². The Labute approximate surface area is 209 Å². The van der Waals surface area contributed by atoms with Crippen LogP contribution in [0.1, 0.15) is 22.4 Å². The largest absolute Gasteiger partial charge is 0.269 e. The van der Waals surface area contributed by atoms with E-state index in [0.717, 1.165) is 27.9 Å². The van der Waals surface area contributed by atoms with Crippen molar-refractivity contribution in [2.75, 3.05) is 0 Å². The number of aryl methyl sites for hydroxylation is 3. The molecule has 6 rings (SSSR count). The van der Waals surface area contributed by atoms with Gasteiger partial charge in [-0.3, -0.25) is 18.4 Å². The fourth-order valence-corrected chi connectivity index (χ4v) is 5.44. The molecule has 4 heterocycles. The predicted molar refractivity (Wildman–Crippen MR) is 141 cm³/mol. The molecule has 0 aliphatic carbocycles. The number of fused-ring (bicyclic) bond motifs is 4. The Morgan fingerprint density at radius 2 is 1.67 bits per heavy atom. The minimum atomic E-state index is -0.140. The maximum atomic E-state index is 13.6. The molecule has 9 heteroatoms. The fourth-order valence-electron chi connectivity index (χ4n) is 4.60. The average Bonchev–Trinajstić information content (AvgIpc) is 3.29. The predicted octanol–water partition coefficient (Wildman–Crippen LogP) is 4.26. The molecule has 8 nitrogen and oxygen atoms in total. The van der Waals surface area contributed by atoms with Gasteiger partial charge in [-0.25, -0.2) is 9.55 Å². The van der Waals surface area contributed by atoms with Crippen molar-refractivity contribution >= 4 is 34.1 Å². The lowest BCUT2D eigenvalue weighted by molar-refractivity contribution is 0.923. The Hall–Kier alpha value is -4.24. The van der Waals surface area contributed by atoms with Crippen molar-refractivity contribution in [3.63, 3.8) is 0 Å². The molecule has 0 amide bonds. The van der Waals surface area contributed by atoms with Gasteiger partial charge in [0.15, 0.2) is 5.16 Å². The van der Waals surface area contributed by atoms with E-state index in [1.165, 1.54) is 11.8 Å². The molecule has 4 aromatic heterocycles. The summed E-state index contributed by atoms with van der Waals surface area (Å²) in [5.41, 5.74) is 5.47. The Bertz CT molecular complexity index is 1920. The van der Waals surface area contributed by atoms with Gasteiger partial charge in [0.2, 0.25) is 5.78 Å². The first-order chi connectivity index (χ1) is 17.4. The molecule has 6 aromatic rings. The molecule has 0 bridgehead atoms. The van der Waals surface area contributed by atoms with Gasteiger partial charge in [-0.2, -0.15) is 0 Å². The lowest BCUT2D eigenvalue weighted by Gasteiger charge is -2.15. The van der Waals surface area contributed by atoms with E-state index in [1.54, 1.807) is 21.2 Å². The normalized spacial score (nSPS) is 11.6. The average molecular weight is 495 g/mol. The van der Waals surface area contributed by atoms with Gasteiger partial charge in [0, 0.05) is 18.0 Å². The van der Waals surface area contributed by atoms with Gasteiger partial charge in [0.25, 0.3) is 11.1 Å². The molecule has 0 spiro atoms. The Morgan fingerprint density at radius 3 is 2.47 bits per heavy atom. The van der Waals surface area contributed by atoms with Crippen molar-refractivity contribution in [1.82, 2.24) is 28.5 Å². The van der Waals surface area contributed by atoms with Crippen LogP contribution in [0.15, 0.2) is 81.6 Å². The molecule has 0 aliphatic heterocycles. The molecule has 0 saturated heterocycles. The molecule has 0 aliphatic rings. The van der Waals surface area contributed by atoms with Crippen molar-refractivity contribution in [3.8, 4) is 5.69 Å². The highest BCUT2D eigenvalue weighted by Crippen LogP contribution is 2.27. The van der Waals surface area contributed by atoms with Crippen LogP contribution in [-0.4, -0.2) is 28.5 Å². The molecule has 36 heavy (non-hydrogen) atoms. The summed E-state index contributed by atoms with van der Waals surface area (Å²) < 4.78 is 5.10. The first-order valence-electron chi connectivity index (χ1n) is 11.5. The van der Waals surface area contributed by atoms with E-state index in [1.807, 2.05) is 79.8 Å². The van der Waals surface area contributed by atoms with E-state index < -0.39 is 0 Å². The van der Waals surface area contributed by atoms with Crippen LogP contribution >= 0.6 is 11.8 Å². The molecule has 0 unspecified atom stereocenters. The molecule has 2 aromatic carbocycles. The van der Waals surface area contributed by atoms with E-state index in [4.69, 9.17) is 0 Å². The summed E-state index contributed by atoms with van der Waals surface area (Å²) in [4.78, 5) is 30.9. The van der Waals surface area contributed by atoms with Crippen molar-refractivity contribution < 1.29 is 0 Å². The number of hydrogen-bond acceptors (Lipinski definition) is 6. The number of rotatable bonds is 4. The number of para-hydroxylation sites is 2. The maximum absolute atomic E-state index is 13.6. The highest BCUT2D eigenvalue weighted by atomic mass is 32.2. The summed E-state index contributed by atoms with van der Waals surface area (Å²) in [5.74, 6) is 0.873. The second-order valence-electron chi connectivity index (χ2n) is 8.83. The number of nitrogens with zero attached hydrogens (tertiary/aromatic N) is 6. The van der Waals surface area contributed by atoms with Crippen LogP contribution in [0.25, 0.3) is 28.0 Å². The Balaban J connectivity index is 1.51. The van der Waals surface area contributed by atoms with Gasteiger partial charge in [-0.1, -0.05) is 48.2 Å². The van der Waals surface area contributed by atoms with Gasteiger partial charge in [-0.05, 0) is 55.7 Å². The van der Waals surface area contributed by atoms with Crippen molar-refractivity contribution in [3.05, 3.63) is 110 Å². The summed E-state index contributed by atoms with van der Waals surface area (Å²) in [6.07, 6.45) is 1.78. The summed E-state index contributed by atoms with van der Waals surface area (Å²) in [5, 5.41) is 10.1. The third kappa shape index (κ3) is 3.51. The van der Waals surface area contributed by atoms with E-state index >= 15 is 0 Å². The maximum Gasteiger partial charge on any atom is 0.267 e. The lowest BCUT2D eigenvalue weighted by Crippen LogP contribution is -2.23. The standard InChI is InChI=1S/C27H22N6O2S/c1-16-11-12-22-28-19(13-23(34)31(22)14-16)15-36-27-30-29-26-32(27)21-10-5-4-9-20(21)25(35)33(26)24-17(2)7-6-8-18(24)3/h4-14H,15H2,1-3H3. The third-order valence-corrected chi connectivity index (χ3v) is 7.23. The SMILES string of the molecule is Cc1ccc2nc(CSc3nnc4n(-c5c(C)cccc5C)c(=O)c5ccccc5n34)cc(=O)n2c1. The van der Waals surface area contributed by atoms with Crippen molar-refractivity contribution in [1.29, 1.82) is 0 Å². The third-order valence-electron chi connectivity index (χ3n) is 6.27. The monoisotopic (exact) mass is 494 g/mol. The summed E-state index contributed by atoms with van der Waals surface area (Å²) in [6.45, 7) is 5.91. The van der Waals surface area contributed by atoms with E-state index in [0.29, 0.717) is 33.4 Å². The minimum absolute atomic E-state index is 0.125.